The first-order chi connectivity index (χ1) is 17.1. The monoisotopic (exact) mass is 471 g/mol. The lowest BCUT2D eigenvalue weighted by molar-refractivity contribution is -0.123. The molecule has 0 saturated carbocycles. The average molecular weight is 472 g/mol. The highest BCUT2D eigenvalue weighted by Crippen LogP contribution is 2.31. The lowest BCUT2D eigenvalue weighted by atomic mass is 10.0. The minimum Gasteiger partial charge on any atom is -0.457 e. The molecule has 1 aromatic heterocycles. The topological polar surface area (TPSA) is 130 Å². The minimum atomic E-state index is -0.457. The summed E-state index contributed by atoms with van der Waals surface area (Å²) in [6, 6.07) is 16.5. The number of H-pyrrole nitrogens is 1. The second kappa shape index (κ2) is 9.40. The van der Waals surface area contributed by atoms with Gasteiger partial charge in [0.15, 0.2) is 5.84 Å². The fourth-order valence-corrected chi connectivity index (χ4v) is 4.53. The first-order valence-electron chi connectivity index (χ1n) is 11.3. The lowest BCUT2D eigenvalue weighted by Crippen LogP contribution is -2.56. The average Bonchev–Trinajstić information content (AvgIpc) is 3.52. The van der Waals surface area contributed by atoms with Gasteiger partial charge in [-0.2, -0.15) is 5.10 Å². The molecule has 3 aromatic rings. The number of fused-ring (bicyclic) bond motifs is 1. The zero-order valence-electron chi connectivity index (χ0n) is 19.1. The van der Waals surface area contributed by atoms with E-state index in [2.05, 4.69) is 32.6 Å². The molecule has 2 atom stereocenters. The minimum absolute atomic E-state index is 0.0868. The summed E-state index contributed by atoms with van der Waals surface area (Å²) in [5.41, 5.74) is 0.535. The van der Waals surface area contributed by atoms with Crippen molar-refractivity contribution in [3.63, 3.8) is 0 Å². The number of para-hydroxylation sites is 1. The van der Waals surface area contributed by atoms with Crippen molar-refractivity contribution in [3.05, 3.63) is 70.8 Å². The Labute approximate surface area is 201 Å². The van der Waals surface area contributed by atoms with Crippen molar-refractivity contribution >= 4 is 17.6 Å². The Kier molecular flexibility index (Phi) is 5.99. The number of hydrazone groups is 1. The maximum Gasteiger partial charge on any atom is 0.332 e. The van der Waals surface area contributed by atoms with Gasteiger partial charge in [-0.15, -0.1) is 0 Å². The summed E-state index contributed by atoms with van der Waals surface area (Å²) in [5, 5.41) is 10.6. The number of amidine groups is 1. The van der Waals surface area contributed by atoms with Gasteiger partial charge in [-0.25, -0.2) is 4.79 Å². The number of carbonyl (C=O) groups excluding carboxylic acids is 1. The fraction of sp³-hybridized carbons (Fsp3) is 0.240. The van der Waals surface area contributed by atoms with Crippen LogP contribution in [0.3, 0.4) is 0 Å². The predicted octanol–water partition coefficient (Wildman–Crippen LogP) is 1.79. The first kappa shape index (κ1) is 22.3. The van der Waals surface area contributed by atoms with Crippen LogP contribution in [0.2, 0.25) is 0 Å². The first-order valence-corrected chi connectivity index (χ1v) is 11.3. The van der Waals surface area contributed by atoms with E-state index < -0.39 is 12.1 Å². The van der Waals surface area contributed by atoms with Crippen LogP contribution in [0.5, 0.6) is 11.5 Å². The van der Waals surface area contributed by atoms with E-state index in [4.69, 9.17) is 10.6 Å². The summed E-state index contributed by atoms with van der Waals surface area (Å²) in [6.07, 6.45) is 0.392. The van der Waals surface area contributed by atoms with Crippen LogP contribution < -0.4 is 26.9 Å². The zero-order chi connectivity index (χ0) is 24.4. The largest absolute Gasteiger partial charge is 0.457 e. The standard InChI is InChI=1S/C25H25N7O3/c1-2-6-20(33)32-23(16-13-14-27-15-16)28-22-21(24(32)30-26)31(25(34)29-22)17-9-11-19(12-10-17)35-18-7-4-3-5-8-18/h3-5,7-12,16,23,27-28H,13-15,26H2,1H3,(H,29,34). The third-order valence-corrected chi connectivity index (χ3v) is 6.10. The number of anilines is 1. The molecule has 10 heteroatoms. The number of aromatic nitrogens is 2. The molecular formula is C25H25N7O3. The van der Waals surface area contributed by atoms with Gasteiger partial charge in [-0.1, -0.05) is 24.1 Å². The summed E-state index contributed by atoms with van der Waals surface area (Å²) >= 11 is 0. The van der Waals surface area contributed by atoms with Crippen molar-refractivity contribution in [1.29, 1.82) is 0 Å². The van der Waals surface area contributed by atoms with Crippen LogP contribution in [-0.4, -0.2) is 45.4 Å². The summed E-state index contributed by atoms with van der Waals surface area (Å²) in [4.78, 5) is 30.4. The van der Waals surface area contributed by atoms with Gasteiger partial charge < -0.3 is 21.2 Å². The number of imidazole rings is 1. The molecule has 3 heterocycles. The van der Waals surface area contributed by atoms with Gasteiger partial charge in [-0.05, 0) is 62.2 Å². The van der Waals surface area contributed by atoms with Crippen LogP contribution in [0.4, 0.5) is 5.82 Å². The molecule has 10 nitrogen and oxygen atoms in total. The van der Waals surface area contributed by atoms with E-state index in [0.717, 1.165) is 13.0 Å². The van der Waals surface area contributed by atoms with Crippen molar-refractivity contribution in [2.45, 2.75) is 19.5 Å². The summed E-state index contributed by atoms with van der Waals surface area (Å²) in [6.45, 7) is 3.14. The van der Waals surface area contributed by atoms with Gasteiger partial charge in [-0.3, -0.25) is 19.2 Å². The Bertz CT molecular complexity index is 1370. The van der Waals surface area contributed by atoms with E-state index in [0.29, 0.717) is 35.2 Å². The molecule has 1 amide bonds. The third-order valence-electron chi connectivity index (χ3n) is 6.10. The molecule has 1 saturated heterocycles. The molecular weight excluding hydrogens is 446 g/mol. The molecule has 5 N–H and O–H groups in total. The van der Waals surface area contributed by atoms with E-state index in [1.165, 1.54) is 9.47 Å². The number of aromatic amines is 1. The molecule has 2 aliphatic rings. The molecule has 5 rings (SSSR count). The number of ether oxygens (including phenoxy) is 1. The number of rotatable bonds is 4. The summed E-state index contributed by atoms with van der Waals surface area (Å²) < 4.78 is 7.29. The van der Waals surface area contributed by atoms with Crippen LogP contribution in [0, 0.1) is 17.8 Å². The van der Waals surface area contributed by atoms with Crippen LogP contribution in [-0.2, 0) is 4.79 Å². The Balaban J connectivity index is 1.55. The number of amides is 1. The van der Waals surface area contributed by atoms with Crippen LogP contribution in [0.25, 0.3) is 5.69 Å². The van der Waals surface area contributed by atoms with Crippen molar-refractivity contribution in [2.24, 2.45) is 16.9 Å². The van der Waals surface area contributed by atoms with Gasteiger partial charge in [0.25, 0.3) is 0 Å². The van der Waals surface area contributed by atoms with Gasteiger partial charge >= 0.3 is 11.6 Å². The maximum absolute atomic E-state index is 13.1. The van der Waals surface area contributed by atoms with Crippen LogP contribution in [0.15, 0.2) is 64.5 Å². The molecule has 0 radical (unpaired) electrons. The summed E-state index contributed by atoms with van der Waals surface area (Å²) in [7, 11) is 0. The van der Waals surface area contributed by atoms with Crippen molar-refractivity contribution in [3.8, 4) is 29.0 Å². The lowest BCUT2D eigenvalue weighted by Gasteiger charge is -2.39. The highest BCUT2D eigenvalue weighted by Gasteiger charge is 2.42. The molecule has 0 bridgehead atoms. The Morgan fingerprint density at radius 1 is 1.14 bits per heavy atom. The fourth-order valence-electron chi connectivity index (χ4n) is 4.53. The Morgan fingerprint density at radius 3 is 2.54 bits per heavy atom. The highest BCUT2D eigenvalue weighted by atomic mass is 16.5. The van der Waals surface area contributed by atoms with Gasteiger partial charge in [0.05, 0.1) is 5.69 Å². The molecule has 0 spiro atoms. The van der Waals surface area contributed by atoms with Gasteiger partial charge in [0, 0.05) is 12.5 Å². The number of carbonyl (C=O) groups is 1. The number of hydrogen-bond acceptors (Lipinski definition) is 7. The van der Waals surface area contributed by atoms with Gasteiger partial charge in [0.1, 0.15) is 29.2 Å². The molecule has 35 heavy (non-hydrogen) atoms. The second-order valence-corrected chi connectivity index (χ2v) is 8.24. The van der Waals surface area contributed by atoms with Crippen LogP contribution in [0.1, 0.15) is 19.0 Å². The van der Waals surface area contributed by atoms with E-state index in [1.807, 2.05) is 30.3 Å². The molecule has 2 unspecified atom stereocenters. The van der Waals surface area contributed by atoms with E-state index in [-0.39, 0.29) is 17.4 Å². The van der Waals surface area contributed by atoms with Crippen molar-refractivity contribution < 1.29 is 9.53 Å². The number of nitrogens with one attached hydrogen (secondary N) is 3. The molecule has 2 aliphatic heterocycles. The van der Waals surface area contributed by atoms with Crippen molar-refractivity contribution in [1.82, 2.24) is 19.8 Å². The van der Waals surface area contributed by atoms with E-state index >= 15 is 0 Å². The van der Waals surface area contributed by atoms with E-state index in [1.54, 1.807) is 31.2 Å². The van der Waals surface area contributed by atoms with Crippen molar-refractivity contribution in [2.75, 3.05) is 18.4 Å². The normalized spacial score (nSPS) is 20.0. The maximum atomic E-state index is 13.1. The predicted molar refractivity (Wildman–Crippen MR) is 132 cm³/mol. The summed E-state index contributed by atoms with van der Waals surface area (Å²) in [5.74, 6) is 12.7. The molecule has 178 valence electrons. The van der Waals surface area contributed by atoms with Gasteiger partial charge in [0.2, 0.25) is 0 Å². The number of benzene rings is 2. The number of hydrogen-bond donors (Lipinski definition) is 4. The second-order valence-electron chi connectivity index (χ2n) is 8.24. The quantitative estimate of drug-likeness (QED) is 0.261. The number of nitrogens with zero attached hydrogens (tertiary/aromatic N) is 3. The Morgan fingerprint density at radius 2 is 1.89 bits per heavy atom. The smallest absolute Gasteiger partial charge is 0.332 e. The number of nitrogens with two attached hydrogens (primary N) is 1. The molecule has 1 fully saturated rings. The Hall–Kier alpha value is -4.49. The molecule has 2 aromatic carbocycles. The SMILES string of the molecule is CC#CC(=O)N1C(=NN)c2c([nH]c(=O)n2-c2ccc(Oc3ccccc3)cc2)NC1C1CCNC1. The van der Waals surface area contributed by atoms with Crippen LogP contribution >= 0.6 is 0 Å². The highest BCUT2D eigenvalue weighted by molar-refractivity contribution is 6.15. The molecule has 0 aliphatic carbocycles. The van der Waals surface area contributed by atoms with E-state index in [9.17, 15) is 9.59 Å². The zero-order valence-corrected chi connectivity index (χ0v) is 19.1. The third kappa shape index (κ3) is 4.13.